The smallest absolute Gasteiger partial charge is 0.416 e. The van der Waals surface area contributed by atoms with E-state index in [2.05, 4.69) is 10.6 Å². The molecule has 0 spiro atoms. The van der Waals surface area contributed by atoms with Gasteiger partial charge in [-0.05, 0) is 24.3 Å². The lowest BCUT2D eigenvalue weighted by Gasteiger charge is -2.13. The Hall–Kier alpha value is -3.05. The molecule has 0 saturated heterocycles. The van der Waals surface area contributed by atoms with E-state index in [0.29, 0.717) is 0 Å². The highest BCUT2D eigenvalue weighted by Crippen LogP contribution is 2.37. The van der Waals surface area contributed by atoms with E-state index in [4.69, 9.17) is 21.4 Å². The molecule has 0 atom stereocenters. The average Bonchev–Trinajstić information content (AvgIpc) is 2.62. The molecule has 0 saturated carbocycles. The van der Waals surface area contributed by atoms with Gasteiger partial charge in [0.15, 0.2) is 0 Å². The van der Waals surface area contributed by atoms with Gasteiger partial charge in [0.2, 0.25) is 0 Å². The molecule has 8 nitrogen and oxygen atoms in total. The average molecular weight is 434 g/mol. The summed E-state index contributed by atoms with van der Waals surface area (Å²) >= 11 is 5.85. The molecule has 0 aromatic heterocycles. The fourth-order valence-corrected chi connectivity index (χ4v) is 2.47. The summed E-state index contributed by atoms with van der Waals surface area (Å²) < 4.78 is 43.6. The molecular weight excluding hydrogens is 419 g/mol. The Kier molecular flexibility index (Phi) is 7.23. The number of carboxylic acids is 1. The van der Waals surface area contributed by atoms with E-state index in [1.54, 1.807) is 0 Å². The van der Waals surface area contributed by atoms with Gasteiger partial charge in [-0.1, -0.05) is 11.6 Å². The summed E-state index contributed by atoms with van der Waals surface area (Å²) in [5.74, 6) is -0.986. The van der Waals surface area contributed by atoms with Crippen LogP contribution >= 0.6 is 11.6 Å². The number of ether oxygens (including phenoxy) is 1. The summed E-state index contributed by atoms with van der Waals surface area (Å²) in [4.78, 5) is 21.0. The van der Waals surface area contributed by atoms with Gasteiger partial charge >= 0.3 is 12.1 Å². The number of nitro groups is 1. The van der Waals surface area contributed by atoms with Crippen molar-refractivity contribution in [1.29, 1.82) is 0 Å². The SMILES string of the molecule is O=C(O)CNCCNc1cc(Oc2ccc(C(F)(F)F)cc2Cl)ccc1[N+](=O)[O-]. The molecule has 0 fully saturated rings. The first-order valence-corrected chi connectivity index (χ1v) is 8.45. The first-order valence-electron chi connectivity index (χ1n) is 8.07. The van der Waals surface area contributed by atoms with Crippen LogP contribution in [0.25, 0.3) is 0 Å². The van der Waals surface area contributed by atoms with Gasteiger partial charge in [-0.15, -0.1) is 0 Å². The van der Waals surface area contributed by atoms with Crippen molar-refractivity contribution < 1.29 is 32.7 Å². The van der Waals surface area contributed by atoms with Gasteiger partial charge in [0.05, 0.1) is 22.1 Å². The number of benzene rings is 2. The number of halogens is 4. The van der Waals surface area contributed by atoms with Crippen LogP contribution in [-0.2, 0) is 11.0 Å². The Morgan fingerprint density at radius 2 is 1.93 bits per heavy atom. The second kappa shape index (κ2) is 9.43. The van der Waals surface area contributed by atoms with Crippen molar-refractivity contribution in [2.45, 2.75) is 6.18 Å². The maximum atomic E-state index is 12.7. The second-order valence-electron chi connectivity index (χ2n) is 5.68. The third kappa shape index (κ3) is 6.50. The third-order valence-corrected chi connectivity index (χ3v) is 3.84. The van der Waals surface area contributed by atoms with E-state index < -0.39 is 22.6 Å². The lowest BCUT2D eigenvalue weighted by atomic mass is 10.2. The minimum absolute atomic E-state index is 0.0532. The quantitative estimate of drug-likeness (QED) is 0.309. The molecule has 3 N–H and O–H groups in total. The summed E-state index contributed by atoms with van der Waals surface area (Å²) in [5.41, 5.74) is -1.10. The maximum Gasteiger partial charge on any atom is 0.416 e. The van der Waals surface area contributed by atoms with Crippen LogP contribution in [0.3, 0.4) is 0 Å². The largest absolute Gasteiger partial charge is 0.480 e. The van der Waals surface area contributed by atoms with Crippen molar-refractivity contribution in [2.75, 3.05) is 25.0 Å². The molecule has 0 bridgehead atoms. The van der Waals surface area contributed by atoms with Crippen LogP contribution in [0.4, 0.5) is 24.5 Å². The first-order chi connectivity index (χ1) is 13.6. The second-order valence-corrected chi connectivity index (χ2v) is 6.09. The first kappa shape index (κ1) is 22.2. The molecule has 2 aromatic carbocycles. The number of nitrogens with one attached hydrogen (secondary N) is 2. The van der Waals surface area contributed by atoms with Gasteiger partial charge in [0.25, 0.3) is 5.69 Å². The molecule has 2 aromatic rings. The van der Waals surface area contributed by atoms with Crippen molar-refractivity contribution in [3.05, 3.63) is 57.1 Å². The van der Waals surface area contributed by atoms with Crippen molar-refractivity contribution in [2.24, 2.45) is 0 Å². The topological polar surface area (TPSA) is 114 Å². The Labute approximate surface area is 167 Å². The molecule has 2 rings (SSSR count). The Morgan fingerprint density at radius 3 is 2.52 bits per heavy atom. The summed E-state index contributed by atoms with van der Waals surface area (Å²) in [6, 6.07) is 6.31. The summed E-state index contributed by atoms with van der Waals surface area (Å²) in [5, 5.41) is 24.8. The number of alkyl halides is 3. The van der Waals surface area contributed by atoms with Gasteiger partial charge in [0, 0.05) is 25.2 Å². The number of anilines is 1. The normalized spacial score (nSPS) is 11.2. The van der Waals surface area contributed by atoms with Crippen LogP contribution < -0.4 is 15.4 Å². The third-order valence-electron chi connectivity index (χ3n) is 3.55. The highest BCUT2D eigenvalue weighted by Gasteiger charge is 2.31. The molecule has 156 valence electrons. The predicted molar refractivity (Wildman–Crippen MR) is 98.6 cm³/mol. The lowest BCUT2D eigenvalue weighted by Crippen LogP contribution is -2.27. The number of aliphatic carboxylic acids is 1. The molecule has 0 heterocycles. The van der Waals surface area contributed by atoms with Crippen molar-refractivity contribution in [3.63, 3.8) is 0 Å². The van der Waals surface area contributed by atoms with Crippen LogP contribution in [-0.4, -0.2) is 35.6 Å². The summed E-state index contributed by atoms with van der Waals surface area (Å²) in [6.45, 7) is 0.136. The van der Waals surface area contributed by atoms with Crippen LogP contribution in [0.1, 0.15) is 5.56 Å². The Morgan fingerprint density at radius 1 is 1.21 bits per heavy atom. The zero-order chi connectivity index (χ0) is 21.6. The van der Waals surface area contributed by atoms with Crippen LogP contribution in [0, 0.1) is 10.1 Å². The monoisotopic (exact) mass is 433 g/mol. The van der Waals surface area contributed by atoms with Crippen molar-refractivity contribution >= 4 is 28.9 Å². The summed E-state index contributed by atoms with van der Waals surface area (Å²) in [7, 11) is 0. The van der Waals surface area contributed by atoms with Gasteiger partial charge in [-0.3, -0.25) is 14.9 Å². The van der Waals surface area contributed by atoms with Crippen molar-refractivity contribution in [1.82, 2.24) is 5.32 Å². The minimum Gasteiger partial charge on any atom is -0.480 e. The minimum atomic E-state index is -4.55. The van der Waals surface area contributed by atoms with Gasteiger partial charge in [-0.25, -0.2) is 0 Å². The number of hydrogen-bond donors (Lipinski definition) is 3. The highest BCUT2D eigenvalue weighted by atomic mass is 35.5. The van der Waals surface area contributed by atoms with Crippen LogP contribution in [0.5, 0.6) is 11.5 Å². The van der Waals surface area contributed by atoms with Gasteiger partial charge in [-0.2, -0.15) is 13.2 Å². The van der Waals surface area contributed by atoms with E-state index in [1.807, 2.05) is 0 Å². The maximum absolute atomic E-state index is 12.7. The number of nitrogens with zero attached hydrogens (tertiary/aromatic N) is 1. The number of rotatable bonds is 9. The number of carboxylic acid groups (broad SMARTS) is 1. The molecule has 0 aliphatic heterocycles. The molecule has 29 heavy (non-hydrogen) atoms. The number of hydrogen-bond acceptors (Lipinski definition) is 6. The van der Waals surface area contributed by atoms with E-state index >= 15 is 0 Å². The van der Waals surface area contributed by atoms with Crippen LogP contribution in [0.15, 0.2) is 36.4 Å². The fourth-order valence-electron chi connectivity index (χ4n) is 2.25. The predicted octanol–water partition coefficient (Wildman–Crippen LogP) is 4.15. The molecular formula is C17H15ClF3N3O5. The molecule has 0 aliphatic rings. The Balaban J connectivity index is 2.15. The molecule has 0 unspecified atom stereocenters. The molecule has 0 radical (unpaired) electrons. The molecule has 0 amide bonds. The molecule has 12 heteroatoms. The lowest BCUT2D eigenvalue weighted by molar-refractivity contribution is -0.384. The zero-order valence-corrected chi connectivity index (χ0v) is 15.4. The van der Waals surface area contributed by atoms with E-state index in [0.717, 1.165) is 18.2 Å². The number of nitro benzene ring substituents is 1. The van der Waals surface area contributed by atoms with Gasteiger partial charge in [0.1, 0.15) is 17.2 Å². The van der Waals surface area contributed by atoms with E-state index in [1.165, 1.54) is 18.2 Å². The summed E-state index contributed by atoms with van der Waals surface area (Å²) in [6.07, 6.45) is -4.55. The van der Waals surface area contributed by atoms with Gasteiger partial charge < -0.3 is 20.5 Å². The highest BCUT2D eigenvalue weighted by molar-refractivity contribution is 6.32. The molecule has 0 aliphatic carbocycles. The fraction of sp³-hybridized carbons (Fsp3) is 0.235. The standard InChI is InChI=1S/C17H15ClF3N3O5/c18-12-7-10(17(19,20)21)1-4-15(12)29-11-2-3-14(24(27)28)13(8-11)23-6-5-22-9-16(25)26/h1-4,7-8,22-23H,5-6,9H2,(H,25,26). The number of carbonyl (C=O) groups is 1. The zero-order valence-electron chi connectivity index (χ0n) is 14.6. The van der Waals surface area contributed by atoms with Crippen molar-refractivity contribution in [3.8, 4) is 11.5 Å². The van der Waals surface area contributed by atoms with E-state index in [-0.39, 0.29) is 47.5 Å². The van der Waals surface area contributed by atoms with E-state index in [9.17, 15) is 28.1 Å². The van der Waals surface area contributed by atoms with Crippen LogP contribution in [0.2, 0.25) is 5.02 Å². The Bertz CT molecular complexity index is 908.